The van der Waals surface area contributed by atoms with Crippen molar-refractivity contribution in [2.75, 3.05) is 25.0 Å². The number of likely N-dealkylation sites (tertiary alicyclic amines) is 1. The maximum atomic E-state index is 12.6. The van der Waals surface area contributed by atoms with E-state index in [1.165, 1.54) is 12.1 Å². The molecule has 0 spiro atoms. The molecule has 0 aromatic heterocycles. The van der Waals surface area contributed by atoms with Gasteiger partial charge in [0.05, 0.1) is 12.1 Å². The van der Waals surface area contributed by atoms with Crippen LogP contribution in [0.25, 0.3) is 0 Å². The van der Waals surface area contributed by atoms with Crippen molar-refractivity contribution in [2.45, 2.75) is 31.9 Å². The van der Waals surface area contributed by atoms with Gasteiger partial charge in [-0.3, -0.25) is 4.79 Å². The normalized spacial score (nSPS) is 16.4. The van der Waals surface area contributed by atoms with Crippen LogP contribution < -0.4 is 5.32 Å². The predicted molar refractivity (Wildman–Crippen MR) is 75.0 cm³/mol. The fourth-order valence-corrected chi connectivity index (χ4v) is 2.42. The van der Waals surface area contributed by atoms with Gasteiger partial charge in [0, 0.05) is 18.8 Å². The number of nitrogens with one attached hydrogen (secondary N) is 1. The number of anilines is 1. The molecule has 116 valence electrons. The molecular formula is C15H19F3N2O. The molecule has 0 bridgehead atoms. The summed E-state index contributed by atoms with van der Waals surface area (Å²) in [5.74, 6) is -0.0608. The van der Waals surface area contributed by atoms with E-state index >= 15 is 0 Å². The Balaban J connectivity index is 1.91. The number of hydrogen-bond acceptors (Lipinski definition) is 2. The van der Waals surface area contributed by atoms with Crippen LogP contribution in [0.1, 0.15) is 31.2 Å². The Morgan fingerprint density at radius 2 is 1.81 bits per heavy atom. The van der Waals surface area contributed by atoms with Crippen molar-refractivity contribution < 1.29 is 18.0 Å². The number of hydrogen-bond donors (Lipinski definition) is 1. The van der Waals surface area contributed by atoms with Crippen LogP contribution in [-0.2, 0) is 11.0 Å². The van der Waals surface area contributed by atoms with Crippen molar-refractivity contribution >= 4 is 11.6 Å². The largest absolute Gasteiger partial charge is 0.416 e. The zero-order valence-corrected chi connectivity index (χ0v) is 11.7. The number of benzene rings is 1. The lowest BCUT2D eigenvalue weighted by Crippen LogP contribution is -2.36. The van der Waals surface area contributed by atoms with Crippen LogP contribution in [0.2, 0.25) is 0 Å². The van der Waals surface area contributed by atoms with Crippen LogP contribution in [0.4, 0.5) is 18.9 Å². The highest BCUT2D eigenvalue weighted by Crippen LogP contribution is 2.30. The summed E-state index contributed by atoms with van der Waals surface area (Å²) in [6.07, 6.45) is -0.118. The van der Waals surface area contributed by atoms with Gasteiger partial charge in [0.25, 0.3) is 0 Å². The zero-order valence-electron chi connectivity index (χ0n) is 11.7. The highest BCUT2D eigenvalue weighted by atomic mass is 19.4. The van der Waals surface area contributed by atoms with Gasteiger partial charge in [0.1, 0.15) is 0 Å². The first-order valence-corrected chi connectivity index (χ1v) is 7.16. The fraction of sp³-hybridized carbons (Fsp3) is 0.533. The van der Waals surface area contributed by atoms with Crippen molar-refractivity contribution in [1.29, 1.82) is 0 Å². The summed E-state index contributed by atoms with van der Waals surface area (Å²) in [6, 6.07) is 4.91. The molecular weight excluding hydrogens is 281 g/mol. The number of alkyl halides is 3. The number of carbonyl (C=O) groups excluding carboxylic acids is 1. The first-order chi connectivity index (χ1) is 9.97. The SMILES string of the molecule is O=C(CNc1cccc(C(F)(F)F)c1)N1CCCCCC1. The Bertz CT molecular complexity index is 480. The minimum Gasteiger partial charge on any atom is -0.376 e. The molecule has 1 heterocycles. The number of carbonyl (C=O) groups is 1. The van der Waals surface area contributed by atoms with Gasteiger partial charge in [-0.1, -0.05) is 18.9 Å². The molecule has 2 rings (SSSR count). The van der Waals surface area contributed by atoms with Crippen molar-refractivity contribution in [3.63, 3.8) is 0 Å². The molecule has 1 aromatic rings. The molecule has 1 aliphatic rings. The lowest BCUT2D eigenvalue weighted by atomic mass is 10.2. The van der Waals surface area contributed by atoms with Crippen LogP contribution in [0, 0.1) is 0 Å². The minimum atomic E-state index is -4.37. The molecule has 1 saturated heterocycles. The van der Waals surface area contributed by atoms with E-state index in [4.69, 9.17) is 0 Å². The second kappa shape index (κ2) is 6.83. The topological polar surface area (TPSA) is 32.3 Å². The van der Waals surface area contributed by atoms with E-state index in [9.17, 15) is 18.0 Å². The molecule has 1 N–H and O–H groups in total. The van der Waals surface area contributed by atoms with E-state index in [1.807, 2.05) is 0 Å². The fourth-order valence-electron chi connectivity index (χ4n) is 2.42. The summed E-state index contributed by atoms with van der Waals surface area (Å²) >= 11 is 0. The van der Waals surface area contributed by atoms with Crippen molar-refractivity contribution in [2.24, 2.45) is 0 Å². The summed E-state index contributed by atoms with van der Waals surface area (Å²) in [5.41, 5.74) is -0.400. The molecule has 0 aliphatic carbocycles. The maximum Gasteiger partial charge on any atom is 0.416 e. The van der Waals surface area contributed by atoms with Crippen LogP contribution in [0.5, 0.6) is 0 Å². The number of nitrogens with zero attached hydrogens (tertiary/aromatic N) is 1. The van der Waals surface area contributed by atoms with Gasteiger partial charge in [0.15, 0.2) is 0 Å². The molecule has 0 saturated carbocycles. The third kappa shape index (κ3) is 4.65. The first kappa shape index (κ1) is 15.7. The monoisotopic (exact) mass is 300 g/mol. The Morgan fingerprint density at radius 1 is 1.14 bits per heavy atom. The first-order valence-electron chi connectivity index (χ1n) is 7.16. The molecule has 21 heavy (non-hydrogen) atoms. The number of rotatable bonds is 3. The summed E-state index contributed by atoms with van der Waals surface area (Å²) < 4.78 is 37.8. The van der Waals surface area contributed by atoms with E-state index in [2.05, 4.69) is 5.32 Å². The molecule has 1 amide bonds. The summed E-state index contributed by atoms with van der Waals surface area (Å²) in [6.45, 7) is 1.51. The lowest BCUT2D eigenvalue weighted by molar-refractivity contribution is -0.137. The maximum absolute atomic E-state index is 12.6. The van der Waals surface area contributed by atoms with Crippen LogP contribution >= 0.6 is 0 Å². The van der Waals surface area contributed by atoms with Gasteiger partial charge in [0.2, 0.25) is 5.91 Å². The average molecular weight is 300 g/mol. The lowest BCUT2D eigenvalue weighted by Gasteiger charge is -2.20. The third-order valence-corrected chi connectivity index (χ3v) is 3.59. The predicted octanol–water partition coefficient (Wildman–Crippen LogP) is 3.52. The van der Waals surface area contributed by atoms with E-state index in [0.29, 0.717) is 5.69 Å². The minimum absolute atomic E-state index is 0.0291. The third-order valence-electron chi connectivity index (χ3n) is 3.59. The summed E-state index contributed by atoms with van der Waals surface area (Å²) in [5, 5.41) is 2.78. The number of amides is 1. The second-order valence-electron chi connectivity index (χ2n) is 5.23. The highest BCUT2D eigenvalue weighted by molar-refractivity contribution is 5.80. The van der Waals surface area contributed by atoms with E-state index < -0.39 is 11.7 Å². The summed E-state index contributed by atoms with van der Waals surface area (Å²) in [7, 11) is 0. The van der Waals surface area contributed by atoms with Gasteiger partial charge in [-0.15, -0.1) is 0 Å². The Hall–Kier alpha value is -1.72. The zero-order chi connectivity index (χ0) is 15.3. The molecule has 1 aromatic carbocycles. The molecule has 1 fully saturated rings. The Labute approximate surface area is 122 Å². The Morgan fingerprint density at radius 3 is 2.43 bits per heavy atom. The molecule has 3 nitrogen and oxygen atoms in total. The van der Waals surface area contributed by atoms with Gasteiger partial charge >= 0.3 is 6.18 Å². The van der Waals surface area contributed by atoms with E-state index in [1.54, 1.807) is 4.90 Å². The van der Waals surface area contributed by atoms with Crippen LogP contribution in [-0.4, -0.2) is 30.4 Å². The molecule has 6 heteroatoms. The van der Waals surface area contributed by atoms with Gasteiger partial charge in [-0.05, 0) is 31.0 Å². The molecule has 1 aliphatic heterocycles. The van der Waals surface area contributed by atoms with Gasteiger partial charge in [-0.2, -0.15) is 13.2 Å². The van der Waals surface area contributed by atoms with E-state index in [0.717, 1.165) is 50.9 Å². The summed E-state index contributed by atoms with van der Waals surface area (Å²) in [4.78, 5) is 13.8. The average Bonchev–Trinajstić information content (AvgIpc) is 2.73. The van der Waals surface area contributed by atoms with Crippen LogP contribution in [0.15, 0.2) is 24.3 Å². The standard InChI is InChI=1S/C15H19F3N2O/c16-15(17,18)12-6-5-7-13(10-12)19-11-14(21)20-8-3-1-2-4-9-20/h5-7,10,19H,1-4,8-9,11H2. The molecule has 0 radical (unpaired) electrons. The van der Waals surface area contributed by atoms with Gasteiger partial charge < -0.3 is 10.2 Å². The Kier molecular flexibility index (Phi) is 5.09. The smallest absolute Gasteiger partial charge is 0.376 e. The van der Waals surface area contributed by atoms with E-state index in [-0.39, 0.29) is 12.5 Å². The van der Waals surface area contributed by atoms with Crippen LogP contribution in [0.3, 0.4) is 0 Å². The van der Waals surface area contributed by atoms with Crippen molar-refractivity contribution in [3.8, 4) is 0 Å². The van der Waals surface area contributed by atoms with Gasteiger partial charge in [-0.25, -0.2) is 0 Å². The van der Waals surface area contributed by atoms with Crippen molar-refractivity contribution in [3.05, 3.63) is 29.8 Å². The second-order valence-corrected chi connectivity index (χ2v) is 5.23. The molecule has 0 unspecified atom stereocenters. The highest BCUT2D eigenvalue weighted by Gasteiger charge is 2.30. The van der Waals surface area contributed by atoms with Crippen molar-refractivity contribution in [1.82, 2.24) is 4.90 Å². The number of halogens is 3. The quantitative estimate of drug-likeness (QED) is 0.926. The molecule has 0 atom stereocenters.